The zero-order valence-corrected chi connectivity index (χ0v) is 12.3. The highest BCUT2D eigenvalue weighted by molar-refractivity contribution is 6.39. The van der Waals surface area contributed by atoms with Crippen LogP contribution in [0.3, 0.4) is 0 Å². The summed E-state index contributed by atoms with van der Waals surface area (Å²) in [6.07, 6.45) is -0.325. The quantitative estimate of drug-likeness (QED) is 0.684. The Kier molecular flexibility index (Phi) is 4.70. The van der Waals surface area contributed by atoms with E-state index in [1.807, 2.05) is 11.8 Å². The smallest absolute Gasteiger partial charge is 0.272 e. The maximum atomic E-state index is 10.8. The number of halogens is 2. The van der Waals surface area contributed by atoms with Crippen LogP contribution < -0.4 is 4.90 Å². The molecule has 0 aliphatic carbocycles. The fraction of sp³-hybridized carbons (Fsp3) is 0.500. The van der Waals surface area contributed by atoms with Crippen molar-refractivity contribution in [3.63, 3.8) is 0 Å². The van der Waals surface area contributed by atoms with Gasteiger partial charge in [0.25, 0.3) is 5.69 Å². The second kappa shape index (κ2) is 6.13. The van der Waals surface area contributed by atoms with Crippen molar-refractivity contribution < 1.29 is 14.8 Å². The first-order valence-corrected chi connectivity index (χ1v) is 6.82. The Morgan fingerprint density at radius 1 is 1.50 bits per heavy atom. The highest BCUT2D eigenvalue weighted by Crippen LogP contribution is 2.39. The summed E-state index contributed by atoms with van der Waals surface area (Å²) >= 11 is 12.3. The van der Waals surface area contributed by atoms with E-state index >= 15 is 0 Å². The maximum Gasteiger partial charge on any atom is 0.272 e. The lowest BCUT2D eigenvalue weighted by atomic mass is 10.1. The Morgan fingerprint density at radius 2 is 2.10 bits per heavy atom. The van der Waals surface area contributed by atoms with E-state index in [1.165, 1.54) is 12.1 Å². The molecule has 0 bridgehead atoms. The molecule has 20 heavy (non-hydrogen) atoms. The minimum Gasteiger partial charge on any atom is -0.394 e. The number of aliphatic hydroxyl groups is 1. The molecule has 0 aromatic heterocycles. The average Bonchev–Trinajstić information content (AvgIpc) is 2.39. The standard InChI is InChI=1S/C12H14Cl2N2O4/c1-7-6-20-9(5-17)4-15(7)12-10(13)2-8(16(18)19)3-11(12)14/h2-3,7,9,17H,4-6H2,1H3. The summed E-state index contributed by atoms with van der Waals surface area (Å²) in [5, 5.41) is 20.4. The second-order valence-corrected chi connectivity index (χ2v) is 5.47. The molecule has 1 aromatic rings. The number of anilines is 1. The summed E-state index contributed by atoms with van der Waals surface area (Å²) in [5.74, 6) is 0. The van der Waals surface area contributed by atoms with E-state index in [-0.39, 0.29) is 34.5 Å². The lowest BCUT2D eigenvalue weighted by molar-refractivity contribution is -0.384. The molecule has 1 aliphatic rings. The third kappa shape index (κ3) is 2.98. The van der Waals surface area contributed by atoms with E-state index in [9.17, 15) is 15.2 Å². The molecule has 2 unspecified atom stereocenters. The number of hydrogen-bond donors (Lipinski definition) is 1. The van der Waals surface area contributed by atoms with Crippen molar-refractivity contribution in [3.05, 3.63) is 32.3 Å². The maximum absolute atomic E-state index is 10.8. The molecule has 2 rings (SSSR count). The van der Waals surface area contributed by atoms with Gasteiger partial charge in [0, 0.05) is 24.7 Å². The zero-order chi connectivity index (χ0) is 14.9. The molecule has 8 heteroatoms. The molecule has 6 nitrogen and oxygen atoms in total. The Balaban J connectivity index is 2.38. The van der Waals surface area contributed by atoms with E-state index in [4.69, 9.17) is 27.9 Å². The predicted molar refractivity (Wildman–Crippen MR) is 76.8 cm³/mol. The van der Waals surface area contributed by atoms with Crippen LogP contribution in [-0.4, -0.2) is 41.9 Å². The van der Waals surface area contributed by atoms with Gasteiger partial charge in [0.05, 0.1) is 40.0 Å². The van der Waals surface area contributed by atoms with Gasteiger partial charge in [-0.3, -0.25) is 10.1 Å². The predicted octanol–water partition coefficient (Wildman–Crippen LogP) is 2.49. The summed E-state index contributed by atoms with van der Waals surface area (Å²) in [6.45, 7) is 2.68. The fourth-order valence-electron chi connectivity index (χ4n) is 2.17. The highest BCUT2D eigenvalue weighted by atomic mass is 35.5. The van der Waals surface area contributed by atoms with Gasteiger partial charge in [0.15, 0.2) is 0 Å². The van der Waals surface area contributed by atoms with Crippen molar-refractivity contribution >= 4 is 34.6 Å². The van der Waals surface area contributed by atoms with Gasteiger partial charge in [-0.1, -0.05) is 23.2 Å². The Bertz CT molecular complexity index is 503. The molecule has 110 valence electrons. The van der Waals surface area contributed by atoms with Gasteiger partial charge >= 0.3 is 0 Å². The number of nitrogens with zero attached hydrogens (tertiary/aromatic N) is 2. The molecule has 0 spiro atoms. The minimum atomic E-state index is -0.541. The zero-order valence-electron chi connectivity index (χ0n) is 10.8. The lowest BCUT2D eigenvalue weighted by Gasteiger charge is -2.39. The van der Waals surface area contributed by atoms with Gasteiger partial charge < -0.3 is 14.7 Å². The average molecular weight is 321 g/mol. The number of aliphatic hydroxyl groups excluding tert-OH is 1. The van der Waals surface area contributed by atoms with Crippen LogP contribution >= 0.6 is 23.2 Å². The van der Waals surface area contributed by atoms with Crippen molar-refractivity contribution in [2.45, 2.75) is 19.1 Å². The minimum absolute atomic E-state index is 0.00857. The van der Waals surface area contributed by atoms with Crippen molar-refractivity contribution in [1.82, 2.24) is 0 Å². The number of rotatable bonds is 3. The molecule has 1 N–H and O–H groups in total. The second-order valence-electron chi connectivity index (χ2n) is 4.65. The van der Waals surface area contributed by atoms with E-state index < -0.39 is 4.92 Å². The molecule has 1 fully saturated rings. The number of hydrogen-bond acceptors (Lipinski definition) is 5. The number of morpholine rings is 1. The van der Waals surface area contributed by atoms with Crippen LogP contribution in [0.2, 0.25) is 10.0 Å². The lowest BCUT2D eigenvalue weighted by Crippen LogP contribution is -2.49. The summed E-state index contributed by atoms with van der Waals surface area (Å²) < 4.78 is 5.45. The summed E-state index contributed by atoms with van der Waals surface area (Å²) in [6, 6.07) is 2.56. The van der Waals surface area contributed by atoms with E-state index in [1.54, 1.807) is 0 Å². The van der Waals surface area contributed by atoms with Crippen LogP contribution in [0, 0.1) is 10.1 Å². The number of ether oxygens (including phenoxy) is 1. The third-order valence-corrected chi connectivity index (χ3v) is 3.79. The van der Waals surface area contributed by atoms with E-state index in [0.717, 1.165) is 0 Å². The fourth-order valence-corrected chi connectivity index (χ4v) is 2.86. The van der Waals surface area contributed by atoms with Crippen LogP contribution in [0.4, 0.5) is 11.4 Å². The van der Waals surface area contributed by atoms with Crippen molar-refractivity contribution in [1.29, 1.82) is 0 Å². The Labute approximate surface area is 126 Å². The van der Waals surface area contributed by atoms with Crippen molar-refractivity contribution in [3.8, 4) is 0 Å². The molecular formula is C12H14Cl2N2O4. The van der Waals surface area contributed by atoms with Crippen LogP contribution in [0.1, 0.15) is 6.92 Å². The molecule has 1 saturated heterocycles. The highest BCUT2D eigenvalue weighted by Gasteiger charge is 2.29. The molecule has 1 heterocycles. The molecule has 0 amide bonds. The SMILES string of the molecule is CC1COC(CO)CN1c1c(Cl)cc([N+](=O)[O-])cc1Cl. The van der Waals surface area contributed by atoms with Crippen LogP contribution in [-0.2, 0) is 4.74 Å². The third-order valence-electron chi connectivity index (χ3n) is 3.21. The van der Waals surface area contributed by atoms with Crippen LogP contribution in [0.15, 0.2) is 12.1 Å². The summed E-state index contributed by atoms with van der Waals surface area (Å²) in [7, 11) is 0. The van der Waals surface area contributed by atoms with Gasteiger partial charge in [-0.25, -0.2) is 0 Å². The number of non-ortho nitro benzene ring substituents is 1. The number of nitro groups is 1. The normalized spacial score (nSPS) is 22.9. The molecule has 1 aromatic carbocycles. The first kappa shape index (κ1) is 15.3. The van der Waals surface area contributed by atoms with E-state index in [0.29, 0.717) is 18.8 Å². The van der Waals surface area contributed by atoms with Gasteiger partial charge in [-0.05, 0) is 6.92 Å². The van der Waals surface area contributed by atoms with Crippen LogP contribution in [0.5, 0.6) is 0 Å². The van der Waals surface area contributed by atoms with Gasteiger partial charge in [-0.15, -0.1) is 0 Å². The number of nitro benzene ring substituents is 1. The monoisotopic (exact) mass is 320 g/mol. The van der Waals surface area contributed by atoms with Gasteiger partial charge in [0.2, 0.25) is 0 Å². The molecular weight excluding hydrogens is 307 g/mol. The first-order chi connectivity index (χ1) is 9.43. The molecule has 2 atom stereocenters. The Hall–Kier alpha value is -1.08. The number of benzene rings is 1. The molecule has 0 radical (unpaired) electrons. The van der Waals surface area contributed by atoms with Crippen molar-refractivity contribution in [2.75, 3.05) is 24.7 Å². The summed E-state index contributed by atoms with van der Waals surface area (Å²) in [5.41, 5.74) is 0.386. The van der Waals surface area contributed by atoms with Gasteiger partial charge in [-0.2, -0.15) is 0 Å². The van der Waals surface area contributed by atoms with Crippen LogP contribution in [0.25, 0.3) is 0 Å². The Morgan fingerprint density at radius 3 is 2.60 bits per heavy atom. The molecule has 1 aliphatic heterocycles. The summed E-state index contributed by atoms with van der Waals surface area (Å²) in [4.78, 5) is 12.1. The van der Waals surface area contributed by atoms with Gasteiger partial charge in [0.1, 0.15) is 0 Å². The molecule has 0 saturated carbocycles. The topological polar surface area (TPSA) is 75.8 Å². The largest absolute Gasteiger partial charge is 0.394 e. The van der Waals surface area contributed by atoms with Crippen molar-refractivity contribution in [2.24, 2.45) is 0 Å². The first-order valence-electron chi connectivity index (χ1n) is 6.06. The van der Waals surface area contributed by atoms with E-state index in [2.05, 4.69) is 0 Å².